The summed E-state index contributed by atoms with van der Waals surface area (Å²) >= 11 is 0. The predicted octanol–water partition coefficient (Wildman–Crippen LogP) is 13.1. The number of aliphatic hydroxyl groups excluding tert-OH is 1. The lowest BCUT2D eigenvalue weighted by atomic mass is 10.0. The normalized spacial score (nSPS) is 14.1. The number of nitrogens with one attached hydrogen (secondary N) is 1. The fraction of sp³-hybridized carbons (Fsp3) is 0.740. The van der Waals surface area contributed by atoms with E-state index in [9.17, 15) is 34.1 Å². The highest BCUT2D eigenvalue weighted by Gasteiger charge is 2.28. The van der Waals surface area contributed by atoms with E-state index in [0.717, 1.165) is 83.5 Å². The van der Waals surface area contributed by atoms with Crippen LogP contribution in [0.2, 0.25) is 0 Å². The van der Waals surface area contributed by atoms with Crippen LogP contribution in [0.3, 0.4) is 0 Å². The molecule has 12 heteroatoms. The molecule has 3 atom stereocenters. The lowest BCUT2D eigenvalue weighted by Crippen LogP contribution is -2.43. The van der Waals surface area contributed by atoms with Gasteiger partial charge in [-0.25, -0.2) is 9.36 Å². The van der Waals surface area contributed by atoms with E-state index in [2.05, 4.69) is 79.9 Å². The van der Waals surface area contributed by atoms with Gasteiger partial charge in [0.1, 0.15) is 12.7 Å². The van der Waals surface area contributed by atoms with Crippen molar-refractivity contribution < 1.29 is 47.8 Å². The zero-order chi connectivity index (χ0) is 45.6. The summed E-state index contributed by atoms with van der Waals surface area (Å²) in [5.41, 5.74) is 0. The van der Waals surface area contributed by atoms with Gasteiger partial charge < -0.3 is 25.2 Å². The Labute approximate surface area is 376 Å². The number of hydrogen-bond donors (Lipinski definition) is 4. The summed E-state index contributed by atoms with van der Waals surface area (Å²) in [6.45, 7) is 2.46. The van der Waals surface area contributed by atoms with Gasteiger partial charge in [-0.2, -0.15) is 0 Å². The summed E-state index contributed by atoms with van der Waals surface area (Å²) in [4.78, 5) is 46.1. The lowest BCUT2D eigenvalue weighted by Gasteiger charge is -2.18. The van der Waals surface area contributed by atoms with Gasteiger partial charge in [-0.15, -0.1) is 0 Å². The summed E-state index contributed by atoms with van der Waals surface area (Å²) in [5.74, 6) is -2.39. The van der Waals surface area contributed by atoms with Crippen LogP contribution in [0.25, 0.3) is 0 Å². The second-order valence-electron chi connectivity index (χ2n) is 16.3. The molecule has 0 fully saturated rings. The molecular weight excluding hydrogens is 806 g/mol. The standard InChI is InChI=1S/C50H88NO10P/c1-3-5-7-9-11-13-15-17-19-21-22-23-24-26-27-29-31-33-35-37-39-41-48(53)51-47(50(55)56)45-61-62(57,58)60-44-46(52)43-59-49(54)42-40-38-36-34-32-30-28-25-20-18-16-14-12-10-8-6-4-2/h6,8,11-14,17-20,46-47,52H,3-5,7,9-10,15-16,21-45H2,1-2H3,(H,51,53)(H,55,56)(H,57,58)/b8-6-,13-11-,14-12-,19-17-,20-18-. The molecule has 0 aliphatic rings. The van der Waals surface area contributed by atoms with E-state index in [1.807, 2.05) is 0 Å². The van der Waals surface area contributed by atoms with Crippen molar-refractivity contribution in [2.45, 2.75) is 219 Å². The van der Waals surface area contributed by atoms with Crippen LogP contribution in [0.15, 0.2) is 60.8 Å². The Morgan fingerprint density at radius 3 is 1.40 bits per heavy atom. The summed E-state index contributed by atoms with van der Waals surface area (Å²) in [6, 6.07) is -1.55. The number of carboxylic acid groups (broad SMARTS) is 1. The monoisotopic (exact) mass is 894 g/mol. The topological polar surface area (TPSA) is 169 Å². The second-order valence-corrected chi connectivity index (χ2v) is 17.7. The van der Waals surface area contributed by atoms with Gasteiger partial charge in [0.05, 0.1) is 13.2 Å². The van der Waals surface area contributed by atoms with Crippen molar-refractivity contribution in [1.29, 1.82) is 0 Å². The molecule has 0 spiro atoms. The second kappa shape index (κ2) is 44.8. The van der Waals surface area contributed by atoms with E-state index in [4.69, 9.17) is 13.8 Å². The molecule has 0 aliphatic heterocycles. The highest BCUT2D eigenvalue weighted by atomic mass is 31.2. The minimum Gasteiger partial charge on any atom is -0.480 e. The molecule has 0 saturated carbocycles. The van der Waals surface area contributed by atoms with Crippen molar-refractivity contribution in [1.82, 2.24) is 5.32 Å². The lowest BCUT2D eigenvalue weighted by molar-refractivity contribution is -0.147. The molecule has 0 aromatic carbocycles. The fourth-order valence-corrected chi connectivity index (χ4v) is 7.31. The molecule has 11 nitrogen and oxygen atoms in total. The first-order valence-corrected chi connectivity index (χ1v) is 25.8. The van der Waals surface area contributed by atoms with E-state index in [-0.39, 0.29) is 12.8 Å². The number of aliphatic hydroxyl groups is 1. The average molecular weight is 894 g/mol. The minimum atomic E-state index is -4.77. The zero-order valence-corrected chi connectivity index (χ0v) is 39.8. The fourth-order valence-electron chi connectivity index (χ4n) is 6.54. The Bertz CT molecular complexity index is 1280. The van der Waals surface area contributed by atoms with Crippen LogP contribution < -0.4 is 5.32 Å². The Hall–Kier alpha value is -2.82. The number of amides is 1. The molecule has 0 aromatic heterocycles. The predicted molar refractivity (Wildman–Crippen MR) is 254 cm³/mol. The molecule has 0 bridgehead atoms. The Balaban J connectivity index is 3.86. The molecule has 1 amide bonds. The summed E-state index contributed by atoms with van der Waals surface area (Å²) in [7, 11) is -4.77. The number of allylic oxidation sites excluding steroid dienone is 10. The number of unbranched alkanes of at least 4 members (excludes halogenated alkanes) is 21. The first kappa shape index (κ1) is 59.2. The van der Waals surface area contributed by atoms with Crippen molar-refractivity contribution >= 4 is 25.7 Å². The van der Waals surface area contributed by atoms with E-state index in [1.165, 1.54) is 83.5 Å². The molecule has 4 N–H and O–H groups in total. The van der Waals surface area contributed by atoms with Gasteiger partial charge in [-0.05, 0) is 77.0 Å². The van der Waals surface area contributed by atoms with Crippen LogP contribution >= 0.6 is 7.82 Å². The maximum absolute atomic E-state index is 12.4. The molecule has 358 valence electrons. The van der Waals surface area contributed by atoms with Crippen molar-refractivity contribution in [3.63, 3.8) is 0 Å². The summed E-state index contributed by atoms with van der Waals surface area (Å²) < 4.78 is 26.9. The first-order valence-electron chi connectivity index (χ1n) is 24.3. The highest BCUT2D eigenvalue weighted by molar-refractivity contribution is 7.47. The van der Waals surface area contributed by atoms with Gasteiger partial charge in [0.15, 0.2) is 6.04 Å². The van der Waals surface area contributed by atoms with E-state index >= 15 is 0 Å². The van der Waals surface area contributed by atoms with Crippen molar-refractivity contribution in [2.24, 2.45) is 0 Å². The zero-order valence-electron chi connectivity index (χ0n) is 38.9. The molecular formula is C50H88NO10P. The number of esters is 1. The van der Waals surface area contributed by atoms with Crippen LogP contribution in [0.4, 0.5) is 0 Å². The van der Waals surface area contributed by atoms with E-state index < -0.39 is 57.6 Å². The number of aliphatic carboxylic acids is 1. The number of ether oxygens (including phenoxy) is 1. The largest absolute Gasteiger partial charge is 0.480 e. The number of phosphoric ester groups is 1. The quantitative estimate of drug-likeness (QED) is 0.0200. The van der Waals surface area contributed by atoms with Gasteiger partial charge >= 0.3 is 19.8 Å². The van der Waals surface area contributed by atoms with Crippen LogP contribution in [0.1, 0.15) is 206 Å². The van der Waals surface area contributed by atoms with Crippen molar-refractivity contribution in [3.05, 3.63) is 60.8 Å². The van der Waals surface area contributed by atoms with Gasteiger partial charge in [0, 0.05) is 12.8 Å². The SMILES string of the molecule is CC/C=C\C/C=C\C/C=C\CCCCCCCCCC(=O)OCC(O)COP(=O)(O)OCC(NC(=O)CCCCCCCCCCCCC/C=C\C/C=C\CCCCC)C(=O)O. The van der Waals surface area contributed by atoms with Crippen LogP contribution in [-0.2, 0) is 32.7 Å². The number of carbonyl (C=O) groups is 3. The van der Waals surface area contributed by atoms with Crippen molar-refractivity contribution in [2.75, 3.05) is 19.8 Å². The molecule has 0 aromatic rings. The van der Waals surface area contributed by atoms with Crippen LogP contribution in [-0.4, -0.2) is 64.9 Å². The molecule has 0 saturated heterocycles. The number of phosphoric acid groups is 1. The summed E-state index contributed by atoms with van der Waals surface area (Å²) in [6.07, 6.45) is 52.3. The van der Waals surface area contributed by atoms with E-state index in [1.54, 1.807) is 0 Å². The van der Waals surface area contributed by atoms with Gasteiger partial charge in [0.25, 0.3) is 0 Å². The van der Waals surface area contributed by atoms with E-state index in [0.29, 0.717) is 12.8 Å². The summed E-state index contributed by atoms with van der Waals surface area (Å²) in [5, 5.41) is 21.9. The molecule has 0 radical (unpaired) electrons. The van der Waals surface area contributed by atoms with Gasteiger partial charge in [0.2, 0.25) is 5.91 Å². The molecule has 0 heterocycles. The number of rotatable bonds is 45. The average Bonchev–Trinajstić information content (AvgIpc) is 3.25. The number of carboxylic acids is 1. The Morgan fingerprint density at radius 2 is 0.935 bits per heavy atom. The van der Waals surface area contributed by atoms with Gasteiger partial charge in [-0.1, -0.05) is 177 Å². The molecule has 3 unspecified atom stereocenters. The third-order valence-electron chi connectivity index (χ3n) is 10.3. The van der Waals surface area contributed by atoms with Gasteiger partial charge in [-0.3, -0.25) is 18.6 Å². The highest BCUT2D eigenvalue weighted by Crippen LogP contribution is 2.43. The minimum absolute atomic E-state index is 0.141. The van der Waals surface area contributed by atoms with Crippen molar-refractivity contribution in [3.8, 4) is 0 Å². The third-order valence-corrected chi connectivity index (χ3v) is 11.2. The maximum Gasteiger partial charge on any atom is 0.472 e. The van der Waals surface area contributed by atoms with Crippen LogP contribution in [0.5, 0.6) is 0 Å². The van der Waals surface area contributed by atoms with Crippen LogP contribution in [0, 0.1) is 0 Å². The first-order chi connectivity index (χ1) is 30.1. The molecule has 62 heavy (non-hydrogen) atoms. The molecule has 0 aliphatic carbocycles. The third kappa shape index (κ3) is 43.8. The smallest absolute Gasteiger partial charge is 0.472 e. The maximum atomic E-state index is 12.4. The number of carbonyl (C=O) groups excluding carboxylic acids is 2. The molecule has 0 rings (SSSR count). The Morgan fingerprint density at radius 1 is 0.532 bits per heavy atom. The number of hydrogen-bond acceptors (Lipinski definition) is 8. The Kier molecular flexibility index (Phi) is 42.7.